The Labute approximate surface area is 193 Å². The van der Waals surface area contributed by atoms with Crippen molar-refractivity contribution >= 4 is 11.6 Å². The maximum Gasteiger partial charge on any atom is 0.460 e. The van der Waals surface area contributed by atoms with Crippen LogP contribution in [0, 0.1) is 0 Å². The lowest BCUT2D eigenvalue weighted by molar-refractivity contribution is -0.401. The molecule has 0 saturated carbocycles. The van der Waals surface area contributed by atoms with Gasteiger partial charge in [-0.05, 0) is 29.7 Å². The molecule has 1 N–H and O–H groups in total. The molecule has 2 aromatic carbocycles. The van der Waals surface area contributed by atoms with Crippen LogP contribution in [0.4, 0.5) is 30.7 Å². The van der Waals surface area contributed by atoms with Gasteiger partial charge in [0.1, 0.15) is 0 Å². The number of hydrogen-bond donors (Lipinski definition) is 1. The van der Waals surface area contributed by atoms with E-state index in [0.29, 0.717) is 17.1 Å². The van der Waals surface area contributed by atoms with E-state index in [4.69, 9.17) is 9.47 Å². The summed E-state index contributed by atoms with van der Waals surface area (Å²) in [4.78, 5) is 12.8. The van der Waals surface area contributed by atoms with Gasteiger partial charge in [0.05, 0.1) is 5.71 Å². The van der Waals surface area contributed by atoms with Crippen LogP contribution in [-0.4, -0.2) is 52.3 Å². The Morgan fingerprint density at radius 3 is 2.31 bits per heavy atom. The largest absolute Gasteiger partial charge is 0.460 e. The summed E-state index contributed by atoms with van der Waals surface area (Å²) in [5.41, 5.74) is -4.21. The highest BCUT2D eigenvalue weighted by atomic mass is 19.4. The minimum atomic E-state index is -6.71. The molecule has 188 valence electrons. The highest BCUT2D eigenvalue weighted by Crippen LogP contribution is 2.54. The molecule has 0 aromatic heterocycles. The first kappa shape index (κ1) is 24.8. The van der Waals surface area contributed by atoms with Crippen molar-refractivity contribution in [1.82, 2.24) is 5.01 Å². The molecule has 0 aliphatic carbocycles. The number of alkyl halides is 7. The highest BCUT2D eigenvalue weighted by Gasteiger charge is 2.82. The second-order valence-corrected chi connectivity index (χ2v) is 7.95. The van der Waals surface area contributed by atoms with Gasteiger partial charge in [-0.1, -0.05) is 36.4 Å². The lowest BCUT2D eigenvalue weighted by atomic mass is 9.91. The second kappa shape index (κ2) is 8.40. The predicted octanol–water partition coefficient (Wildman–Crippen LogP) is 4.51. The quantitative estimate of drug-likeness (QED) is 0.586. The average Bonchev–Trinajstić information content (AvgIpc) is 3.42. The lowest BCUT2D eigenvalue weighted by Gasteiger charge is -2.41. The van der Waals surface area contributed by atoms with E-state index in [0.717, 1.165) is 0 Å². The van der Waals surface area contributed by atoms with Gasteiger partial charge in [-0.15, -0.1) is 0 Å². The third-order valence-corrected chi connectivity index (χ3v) is 5.65. The standard InChI is InChI=1S/C22H17F7N2O4/c23-20(24,21(25,26)22(27,28)29)19(33)11-15(14-4-2-1-3-5-14)30-31(19)18(32)9-7-13-6-8-16-17(10-13)35-12-34-16/h1-6,8,10,33H,7,9,11-12H2/t19-/m1/s1. The van der Waals surface area contributed by atoms with Crippen molar-refractivity contribution in [3.05, 3.63) is 59.7 Å². The molecule has 0 spiro atoms. The van der Waals surface area contributed by atoms with E-state index in [1.165, 1.54) is 48.5 Å². The molecule has 2 heterocycles. The molecule has 1 amide bonds. The first-order chi connectivity index (χ1) is 16.3. The smallest absolute Gasteiger partial charge is 0.454 e. The number of carbonyl (C=O) groups excluding carboxylic acids is 1. The van der Waals surface area contributed by atoms with Gasteiger partial charge in [0.15, 0.2) is 11.5 Å². The van der Waals surface area contributed by atoms with Crippen molar-refractivity contribution in [1.29, 1.82) is 0 Å². The molecule has 1 atom stereocenters. The number of amides is 1. The first-order valence-corrected chi connectivity index (χ1v) is 10.2. The number of aryl methyl sites for hydroxylation is 1. The number of carbonyl (C=O) groups is 1. The van der Waals surface area contributed by atoms with Gasteiger partial charge in [-0.2, -0.15) is 40.8 Å². The van der Waals surface area contributed by atoms with Gasteiger partial charge in [0, 0.05) is 12.8 Å². The Kier molecular flexibility index (Phi) is 5.94. The van der Waals surface area contributed by atoms with Gasteiger partial charge in [0.2, 0.25) is 18.4 Å². The Morgan fingerprint density at radius 2 is 1.66 bits per heavy atom. The van der Waals surface area contributed by atoms with Crippen molar-refractivity contribution < 1.29 is 50.1 Å². The van der Waals surface area contributed by atoms with Crippen molar-refractivity contribution in [2.45, 2.75) is 43.0 Å². The Bertz CT molecular complexity index is 1150. The third kappa shape index (κ3) is 4.07. The molecule has 6 nitrogen and oxygen atoms in total. The van der Waals surface area contributed by atoms with Crippen LogP contribution >= 0.6 is 0 Å². The van der Waals surface area contributed by atoms with E-state index in [-0.39, 0.29) is 23.8 Å². The number of ether oxygens (including phenoxy) is 2. The molecular formula is C22H17F7N2O4. The summed E-state index contributed by atoms with van der Waals surface area (Å²) in [5, 5.41) is 13.8. The van der Waals surface area contributed by atoms with Crippen LogP contribution < -0.4 is 9.47 Å². The lowest BCUT2D eigenvalue weighted by Crippen LogP contribution is -2.69. The number of hydrazone groups is 1. The first-order valence-electron chi connectivity index (χ1n) is 10.2. The molecular weight excluding hydrogens is 489 g/mol. The van der Waals surface area contributed by atoms with E-state index in [1.54, 1.807) is 0 Å². The van der Waals surface area contributed by atoms with Crippen molar-refractivity contribution in [2.75, 3.05) is 6.79 Å². The number of fused-ring (bicyclic) bond motifs is 1. The van der Waals surface area contributed by atoms with E-state index in [9.17, 15) is 40.6 Å². The Hall–Kier alpha value is -3.35. The minimum absolute atomic E-state index is 0.0298. The van der Waals surface area contributed by atoms with Gasteiger partial charge < -0.3 is 14.6 Å². The molecule has 0 radical (unpaired) electrons. The van der Waals surface area contributed by atoms with Crippen LogP contribution in [0.2, 0.25) is 0 Å². The summed E-state index contributed by atoms with van der Waals surface area (Å²) in [5.74, 6) is -13.4. The number of rotatable bonds is 6. The van der Waals surface area contributed by atoms with E-state index < -0.39 is 48.2 Å². The summed E-state index contributed by atoms with van der Waals surface area (Å²) in [6.07, 6.45) is -8.94. The fourth-order valence-corrected chi connectivity index (χ4v) is 3.73. The SMILES string of the molecule is O=C(CCc1ccc2c(c1)OCO2)N1N=C(c2ccccc2)C[C@@]1(O)C(F)(F)C(F)(F)C(F)(F)F. The van der Waals surface area contributed by atoms with Crippen LogP contribution in [0.1, 0.15) is 24.0 Å². The zero-order valence-electron chi connectivity index (χ0n) is 17.7. The molecule has 4 rings (SSSR count). The molecule has 2 aliphatic heterocycles. The van der Waals surface area contributed by atoms with Crippen LogP contribution in [0.3, 0.4) is 0 Å². The molecule has 35 heavy (non-hydrogen) atoms. The van der Waals surface area contributed by atoms with Crippen LogP contribution in [-0.2, 0) is 11.2 Å². The molecule has 0 fully saturated rings. The molecule has 2 aromatic rings. The number of aliphatic hydroxyl groups is 1. The molecule has 0 unspecified atom stereocenters. The fourth-order valence-electron chi connectivity index (χ4n) is 3.73. The Morgan fingerprint density at radius 1 is 1.00 bits per heavy atom. The number of halogens is 7. The van der Waals surface area contributed by atoms with E-state index >= 15 is 0 Å². The summed E-state index contributed by atoms with van der Waals surface area (Å²) in [6.45, 7) is -0.0298. The molecule has 0 saturated heterocycles. The maximum absolute atomic E-state index is 14.8. The second-order valence-electron chi connectivity index (χ2n) is 7.95. The highest BCUT2D eigenvalue weighted by molar-refractivity contribution is 6.03. The minimum Gasteiger partial charge on any atom is -0.454 e. The normalized spacial score (nSPS) is 20.2. The summed E-state index contributed by atoms with van der Waals surface area (Å²) >= 11 is 0. The molecule has 2 aliphatic rings. The van der Waals surface area contributed by atoms with Crippen LogP contribution in [0.5, 0.6) is 11.5 Å². The van der Waals surface area contributed by atoms with Crippen LogP contribution in [0.15, 0.2) is 53.6 Å². The van der Waals surface area contributed by atoms with Crippen molar-refractivity contribution in [2.24, 2.45) is 5.10 Å². The predicted molar refractivity (Wildman–Crippen MR) is 106 cm³/mol. The fraction of sp³-hybridized carbons (Fsp3) is 0.364. The zero-order valence-corrected chi connectivity index (χ0v) is 17.7. The van der Waals surface area contributed by atoms with Gasteiger partial charge in [-0.25, -0.2) is 0 Å². The van der Waals surface area contributed by atoms with E-state index in [1.807, 2.05) is 0 Å². The van der Waals surface area contributed by atoms with Crippen LogP contribution in [0.25, 0.3) is 0 Å². The number of nitrogens with zero attached hydrogens (tertiary/aromatic N) is 2. The van der Waals surface area contributed by atoms with Crippen molar-refractivity contribution in [3.8, 4) is 11.5 Å². The monoisotopic (exact) mass is 506 g/mol. The summed E-state index contributed by atoms with van der Waals surface area (Å²) in [7, 11) is 0. The summed E-state index contributed by atoms with van der Waals surface area (Å²) < 4.78 is 106. The summed E-state index contributed by atoms with van der Waals surface area (Å²) in [6, 6.07) is 11.6. The average molecular weight is 506 g/mol. The topological polar surface area (TPSA) is 71.4 Å². The van der Waals surface area contributed by atoms with Gasteiger partial charge >= 0.3 is 18.0 Å². The third-order valence-electron chi connectivity index (χ3n) is 5.65. The molecule has 13 heteroatoms. The van der Waals surface area contributed by atoms with Gasteiger partial charge in [0.25, 0.3) is 0 Å². The van der Waals surface area contributed by atoms with Gasteiger partial charge in [-0.3, -0.25) is 4.79 Å². The Balaban J connectivity index is 1.65. The number of hydrogen-bond acceptors (Lipinski definition) is 5. The maximum atomic E-state index is 14.8. The zero-order chi connectivity index (χ0) is 25.6. The molecule has 0 bridgehead atoms. The number of benzene rings is 2. The van der Waals surface area contributed by atoms with Crippen molar-refractivity contribution in [3.63, 3.8) is 0 Å². The van der Waals surface area contributed by atoms with E-state index in [2.05, 4.69) is 5.10 Å².